The van der Waals surface area contributed by atoms with Crippen molar-refractivity contribution in [3.63, 3.8) is 0 Å². The summed E-state index contributed by atoms with van der Waals surface area (Å²) in [7, 11) is 1.99. The Morgan fingerprint density at radius 3 is 2.67 bits per heavy atom. The topological polar surface area (TPSA) is 48.4 Å². The van der Waals surface area contributed by atoms with Gasteiger partial charge in [-0.25, -0.2) is 4.98 Å². The van der Waals surface area contributed by atoms with Gasteiger partial charge in [0.2, 0.25) is 0 Å². The summed E-state index contributed by atoms with van der Waals surface area (Å²) in [6.45, 7) is 7.89. The number of nitrogens with zero attached hydrogens (tertiary/aromatic N) is 2. The van der Waals surface area contributed by atoms with E-state index in [1.807, 2.05) is 39.1 Å². The van der Waals surface area contributed by atoms with E-state index in [2.05, 4.69) is 29.3 Å². The van der Waals surface area contributed by atoms with E-state index in [1.54, 1.807) is 0 Å². The predicted octanol–water partition coefficient (Wildman–Crippen LogP) is 2.55. The molecule has 1 aromatic heterocycles. The number of likely N-dealkylation sites (N-methyl/N-ethyl adjacent to an activating group) is 1. The molecule has 0 radical (unpaired) electrons. The molecule has 0 aliphatic carbocycles. The van der Waals surface area contributed by atoms with Crippen LogP contribution in [-0.2, 0) is 6.54 Å². The van der Waals surface area contributed by atoms with Crippen molar-refractivity contribution in [1.29, 1.82) is 0 Å². The van der Waals surface area contributed by atoms with Gasteiger partial charge in [0.1, 0.15) is 5.82 Å². The SMILES string of the molecule is CCNCc1cc2ccccc2nc1N(C)C(C)(C)CO. The first-order valence-electron chi connectivity index (χ1n) is 7.43. The van der Waals surface area contributed by atoms with Crippen LogP contribution in [0.1, 0.15) is 26.3 Å². The lowest BCUT2D eigenvalue weighted by atomic mass is 10.0. The number of para-hydroxylation sites is 1. The summed E-state index contributed by atoms with van der Waals surface area (Å²) in [6, 6.07) is 10.3. The largest absolute Gasteiger partial charge is 0.394 e. The van der Waals surface area contributed by atoms with Gasteiger partial charge in [-0.05, 0) is 32.5 Å². The van der Waals surface area contributed by atoms with Crippen LogP contribution < -0.4 is 10.2 Å². The number of fused-ring (bicyclic) bond motifs is 1. The summed E-state index contributed by atoms with van der Waals surface area (Å²) in [5.74, 6) is 0.925. The zero-order chi connectivity index (χ0) is 15.5. The Morgan fingerprint density at radius 1 is 1.29 bits per heavy atom. The lowest BCUT2D eigenvalue weighted by molar-refractivity contribution is 0.215. The maximum atomic E-state index is 9.62. The summed E-state index contributed by atoms with van der Waals surface area (Å²) >= 11 is 0. The van der Waals surface area contributed by atoms with Crippen molar-refractivity contribution in [3.8, 4) is 0 Å². The van der Waals surface area contributed by atoms with E-state index in [1.165, 1.54) is 0 Å². The second kappa shape index (κ2) is 6.41. The summed E-state index contributed by atoms with van der Waals surface area (Å²) in [5.41, 5.74) is 1.78. The standard InChI is InChI=1S/C17H25N3O/c1-5-18-11-14-10-13-8-6-7-9-15(13)19-16(14)20(4)17(2,3)12-21/h6-10,18,21H,5,11-12H2,1-4H3. The fourth-order valence-electron chi connectivity index (χ4n) is 2.22. The Bertz CT molecular complexity index is 610. The number of hydrogen-bond donors (Lipinski definition) is 2. The molecule has 114 valence electrons. The number of nitrogens with one attached hydrogen (secondary N) is 1. The van der Waals surface area contributed by atoms with Crippen LogP contribution in [0.3, 0.4) is 0 Å². The lowest BCUT2D eigenvalue weighted by Gasteiger charge is -2.36. The second-order valence-electron chi connectivity index (χ2n) is 5.97. The number of hydrogen-bond acceptors (Lipinski definition) is 4. The molecule has 0 atom stereocenters. The van der Waals surface area contributed by atoms with Crippen LogP contribution in [0.15, 0.2) is 30.3 Å². The molecule has 1 aromatic carbocycles. The van der Waals surface area contributed by atoms with Gasteiger partial charge in [0.25, 0.3) is 0 Å². The average Bonchev–Trinajstić information content (AvgIpc) is 2.51. The minimum Gasteiger partial charge on any atom is -0.394 e. The van der Waals surface area contributed by atoms with Crippen LogP contribution in [0.2, 0.25) is 0 Å². The molecule has 0 fully saturated rings. The minimum atomic E-state index is -0.351. The third-order valence-electron chi connectivity index (χ3n) is 3.96. The Morgan fingerprint density at radius 2 is 2.00 bits per heavy atom. The highest BCUT2D eigenvalue weighted by molar-refractivity contribution is 5.82. The highest BCUT2D eigenvalue weighted by Crippen LogP contribution is 2.27. The van der Waals surface area contributed by atoms with Crippen molar-refractivity contribution in [1.82, 2.24) is 10.3 Å². The molecule has 0 saturated carbocycles. The first-order chi connectivity index (χ1) is 9.99. The number of pyridine rings is 1. The van der Waals surface area contributed by atoms with E-state index in [0.717, 1.165) is 35.4 Å². The monoisotopic (exact) mass is 287 g/mol. The molecule has 2 rings (SSSR count). The zero-order valence-corrected chi connectivity index (χ0v) is 13.3. The molecule has 0 spiro atoms. The molecule has 0 aliphatic heterocycles. The summed E-state index contributed by atoms with van der Waals surface area (Å²) in [4.78, 5) is 6.88. The van der Waals surface area contributed by atoms with Gasteiger partial charge in [0.15, 0.2) is 0 Å². The number of benzene rings is 1. The van der Waals surface area contributed by atoms with Gasteiger partial charge in [-0.1, -0.05) is 25.1 Å². The van der Waals surface area contributed by atoms with E-state index in [0.29, 0.717) is 0 Å². The first kappa shape index (κ1) is 15.7. The number of anilines is 1. The van der Waals surface area contributed by atoms with Crippen molar-refractivity contribution < 1.29 is 5.11 Å². The second-order valence-corrected chi connectivity index (χ2v) is 5.97. The van der Waals surface area contributed by atoms with Crippen LogP contribution in [-0.4, -0.2) is 35.8 Å². The van der Waals surface area contributed by atoms with E-state index in [9.17, 15) is 5.11 Å². The number of aliphatic hydroxyl groups is 1. The highest BCUT2D eigenvalue weighted by atomic mass is 16.3. The van der Waals surface area contributed by atoms with Crippen molar-refractivity contribution in [3.05, 3.63) is 35.9 Å². The molecular weight excluding hydrogens is 262 g/mol. The maximum Gasteiger partial charge on any atom is 0.134 e. The Balaban J connectivity index is 2.52. The zero-order valence-electron chi connectivity index (χ0n) is 13.3. The molecule has 2 N–H and O–H groups in total. The third-order valence-corrected chi connectivity index (χ3v) is 3.96. The summed E-state index contributed by atoms with van der Waals surface area (Å²) < 4.78 is 0. The molecule has 4 heteroatoms. The minimum absolute atomic E-state index is 0.0820. The average molecular weight is 287 g/mol. The van der Waals surface area contributed by atoms with Gasteiger partial charge < -0.3 is 15.3 Å². The third kappa shape index (κ3) is 3.34. The van der Waals surface area contributed by atoms with Gasteiger partial charge in [-0.2, -0.15) is 0 Å². The van der Waals surface area contributed by atoms with E-state index >= 15 is 0 Å². The Kier molecular flexibility index (Phi) is 4.80. The molecule has 0 unspecified atom stereocenters. The van der Waals surface area contributed by atoms with Crippen LogP contribution in [0.5, 0.6) is 0 Å². The van der Waals surface area contributed by atoms with E-state index < -0.39 is 0 Å². The maximum absolute atomic E-state index is 9.62. The smallest absolute Gasteiger partial charge is 0.134 e. The first-order valence-corrected chi connectivity index (χ1v) is 7.43. The predicted molar refractivity (Wildman–Crippen MR) is 88.7 cm³/mol. The fraction of sp³-hybridized carbons (Fsp3) is 0.471. The van der Waals surface area contributed by atoms with Crippen LogP contribution >= 0.6 is 0 Å². The molecule has 4 nitrogen and oxygen atoms in total. The number of rotatable bonds is 6. The molecule has 0 aliphatic rings. The number of aliphatic hydroxyl groups excluding tert-OH is 1. The van der Waals surface area contributed by atoms with Crippen LogP contribution in [0, 0.1) is 0 Å². The normalized spacial score (nSPS) is 11.9. The highest BCUT2D eigenvalue weighted by Gasteiger charge is 2.25. The van der Waals surface area contributed by atoms with Gasteiger partial charge in [0, 0.05) is 24.5 Å². The van der Waals surface area contributed by atoms with E-state index in [4.69, 9.17) is 4.98 Å². The van der Waals surface area contributed by atoms with Gasteiger partial charge in [0.05, 0.1) is 17.7 Å². The lowest BCUT2D eigenvalue weighted by Crippen LogP contribution is -2.45. The quantitative estimate of drug-likeness (QED) is 0.857. The molecule has 0 saturated heterocycles. The van der Waals surface area contributed by atoms with Crippen molar-refractivity contribution in [2.24, 2.45) is 0 Å². The van der Waals surface area contributed by atoms with Gasteiger partial charge in [-0.3, -0.25) is 0 Å². The summed E-state index contributed by atoms with van der Waals surface area (Å²) in [5, 5.41) is 14.1. The van der Waals surface area contributed by atoms with E-state index in [-0.39, 0.29) is 12.1 Å². The Labute approximate surface area is 126 Å². The van der Waals surface area contributed by atoms with Crippen molar-refractivity contribution >= 4 is 16.7 Å². The Hall–Kier alpha value is -1.65. The fourth-order valence-corrected chi connectivity index (χ4v) is 2.22. The van der Waals surface area contributed by atoms with Gasteiger partial charge in [-0.15, -0.1) is 0 Å². The van der Waals surface area contributed by atoms with Crippen LogP contribution in [0.25, 0.3) is 10.9 Å². The molecular formula is C17H25N3O. The molecule has 0 amide bonds. The number of aromatic nitrogens is 1. The van der Waals surface area contributed by atoms with Gasteiger partial charge >= 0.3 is 0 Å². The van der Waals surface area contributed by atoms with Crippen molar-refractivity contribution in [2.45, 2.75) is 32.9 Å². The molecule has 1 heterocycles. The van der Waals surface area contributed by atoms with Crippen molar-refractivity contribution in [2.75, 3.05) is 25.1 Å². The molecule has 0 bridgehead atoms. The van der Waals surface area contributed by atoms with Crippen LogP contribution in [0.4, 0.5) is 5.82 Å². The summed E-state index contributed by atoms with van der Waals surface area (Å²) in [6.07, 6.45) is 0. The molecule has 2 aromatic rings. The molecule has 21 heavy (non-hydrogen) atoms.